The van der Waals surface area contributed by atoms with Gasteiger partial charge in [-0.1, -0.05) is 23.2 Å². The number of methoxy groups -OCH3 is 1. The number of hydrogen-bond acceptors (Lipinski definition) is 7. The number of fused-ring (bicyclic) bond motifs is 1. The molecule has 10 heteroatoms. The number of benzene rings is 1. The van der Waals surface area contributed by atoms with Gasteiger partial charge in [0.2, 0.25) is 0 Å². The number of aromatic nitrogens is 4. The molecule has 0 amide bonds. The minimum absolute atomic E-state index is 0.000481. The van der Waals surface area contributed by atoms with Crippen LogP contribution in [0.5, 0.6) is 5.75 Å². The van der Waals surface area contributed by atoms with Gasteiger partial charge in [-0.15, -0.1) is 0 Å². The van der Waals surface area contributed by atoms with Gasteiger partial charge in [0.1, 0.15) is 30.5 Å². The van der Waals surface area contributed by atoms with Crippen molar-refractivity contribution in [3.8, 4) is 5.75 Å². The summed E-state index contributed by atoms with van der Waals surface area (Å²) >= 11 is 12.0. The highest BCUT2D eigenvalue weighted by atomic mass is 35.5. The molecule has 3 heterocycles. The molecule has 1 aromatic carbocycles. The highest BCUT2D eigenvalue weighted by molar-refractivity contribution is 6.42. The third-order valence-corrected chi connectivity index (χ3v) is 5.30. The largest absolute Gasteiger partial charge is 0.488 e. The Hall–Kier alpha value is -2.58. The molecule has 0 N–H and O–H groups in total. The summed E-state index contributed by atoms with van der Waals surface area (Å²) in [4.78, 5) is 22.4. The summed E-state index contributed by atoms with van der Waals surface area (Å²) in [5.41, 5.74) is 0.587. The fourth-order valence-electron chi connectivity index (χ4n) is 3.19. The van der Waals surface area contributed by atoms with E-state index in [1.54, 1.807) is 24.4 Å². The van der Waals surface area contributed by atoms with E-state index in [9.17, 15) is 4.79 Å². The quantitative estimate of drug-likeness (QED) is 0.585. The second kappa shape index (κ2) is 7.81. The molecule has 0 spiro atoms. The predicted molar refractivity (Wildman–Crippen MR) is 105 cm³/mol. The molecule has 1 unspecified atom stereocenters. The Bertz CT molecular complexity index is 1030. The molecule has 0 bridgehead atoms. The van der Waals surface area contributed by atoms with Gasteiger partial charge in [-0.3, -0.25) is 4.79 Å². The Morgan fingerprint density at radius 2 is 2.14 bits per heavy atom. The van der Waals surface area contributed by atoms with Gasteiger partial charge in [-0.05, 0) is 12.1 Å². The van der Waals surface area contributed by atoms with Crippen LogP contribution in [0.2, 0.25) is 10.0 Å². The second-order valence-electron chi connectivity index (χ2n) is 6.36. The highest BCUT2D eigenvalue weighted by Gasteiger charge is 2.27. The zero-order valence-corrected chi connectivity index (χ0v) is 16.5. The first-order valence-electron chi connectivity index (χ1n) is 8.65. The van der Waals surface area contributed by atoms with Gasteiger partial charge in [0.15, 0.2) is 5.65 Å². The van der Waals surface area contributed by atoms with Crippen LogP contribution in [0.1, 0.15) is 6.42 Å². The number of ether oxygens (including phenoxy) is 2. The van der Waals surface area contributed by atoms with Gasteiger partial charge >= 0.3 is 5.97 Å². The van der Waals surface area contributed by atoms with Crippen molar-refractivity contribution in [2.75, 3.05) is 25.1 Å². The smallest absolute Gasteiger partial charge is 0.327 e. The topological polar surface area (TPSA) is 82.4 Å². The average Bonchev–Trinajstić information content (AvgIpc) is 3.32. The van der Waals surface area contributed by atoms with Crippen molar-refractivity contribution in [1.29, 1.82) is 0 Å². The van der Waals surface area contributed by atoms with Crippen LogP contribution in [0.25, 0.3) is 11.0 Å². The van der Waals surface area contributed by atoms with Crippen LogP contribution >= 0.6 is 23.2 Å². The maximum atomic E-state index is 11.6. The van der Waals surface area contributed by atoms with Crippen molar-refractivity contribution in [2.24, 2.45) is 0 Å². The number of halogens is 2. The van der Waals surface area contributed by atoms with E-state index in [1.807, 2.05) is 0 Å². The Kier molecular flexibility index (Phi) is 5.23. The van der Waals surface area contributed by atoms with Crippen molar-refractivity contribution in [2.45, 2.75) is 19.1 Å². The molecule has 1 saturated heterocycles. The van der Waals surface area contributed by atoms with Crippen molar-refractivity contribution in [1.82, 2.24) is 19.7 Å². The fraction of sp³-hybridized carbons (Fsp3) is 0.333. The number of nitrogens with zero attached hydrogens (tertiary/aromatic N) is 5. The van der Waals surface area contributed by atoms with Crippen molar-refractivity contribution < 1.29 is 14.3 Å². The molecule has 1 atom stereocenters. The molecule has 4 rings (SSSR count). The zero-order valence-electron chi connectivity index (χ0n) is 15.0. The molecule has 0 aliphatic carbocycles. The number of anilines is 1. The summed E-state index contributed by atoms with van der Waals surface area (Å²) < 4.78 is 12.2. The van der Waals surface area contributed by atoms with Crippen LogP contribution in [0.4, 0.5) is 5.82 Å². The van der Waals surface area contributed by atoms with Crippen molar-refractivity contribution in [3.05, 3.63) is 40.8 Å². The summed E-state index contributed by atoms with van der Waals surface area (Å²) in [6.07, 6.45) is 3.97. The first kappa shape index (κ1) is 18.8. The first-order valence-corrected chi connectivity index (χ1v) is 9.40. The minimum Gasteiger partial charge on any atom is -0.488 e. The lowest BCUT2D eigenvalue weighted by atomic mass is 10.3. The number of hydrogen-bond donors (Lipinski definition) is 0. The Labute approximate surface area is 171 Å². The molecule has 3 aromatic rings. The normalized spacial score (nSPS) is 16.5. The summed E-state index contributed by atoms with van der Waals surface area (Å²) in [7, 11) is 1.34. The van der Waals surface area contributed by atoms with Gasteiger partial charge in [0.25, 0.3) is 0 Å². The van der Waals surface area contributed by atoms with Gasteiger partial charge in [-0.2, -0.15) is 5.10 Å². The third kappa shape index (κ3) is 3.70. The van der Waals surface area contributed by atoms with E-state index in [1.165, 1.54) is 18.1 Å². The fourth-order valence-corrected chi connectivity index (χ4v) is 3.48. The van der Waals surface area contributed by atoms with Gasteiger partial charge in [-0.25, -0.2) is 14.6 Å². The standard InChI is InChI=1S/C18H17Cl2N5O3/c1-27-16(26)9-25-18-13(7-23-25)17(21-10-22-18)24-5-4-12(8-24)28-11-2-3-14(19)15(20)6-11/h2-3,6-7,10,12H,4-5,8-9H2,1H3. The van der Waals surface area contributed by atoms with E-state index in [2.05, 4.69) is 20.0 Å². The average molecular weight is 422 g/mol. The number of esters is 1. The summed E-state index contributed by atoms with van der Waals surface area (Å²) in [6.45, 7) is 1.44. The van der Waals surface area contributed by atoms with Crippen LogP contribution < -0.4 is 9.64 Å². The molecule has 1 aliphatic rings. The molecule has 146 valence electrons. The molecule has 1 aliphatic heterocycles. The van der Waals surface area contributed by atoms with E-state index in [4.69, 9.17) is 32.7 Å². The van der Waals surface area contributed by atoms with Crippen molar-refractivity contribution >= 4 is 46.0 Å². The van der Waals surface area contributed by atoms with Crippen LogP contribution in [0.3, 0.4) is 0 Å². The van der Waals surface area contributed by atoms with E-state index >= 15 is 0 Å². The summed E-state index contributed by atoms with van der Waals surface area (Å²) in [5, 5.41) is 5.98. The first-order chi connectivity index (χ1) is 13.5. The zero-order chi connectivity index (χ0) is 19.7. The number of carbonyl (C=O) groups excluding carboxylic acids is 1. The second-order valence-corrected chi connectivity index (χ2v) is 7.18. The molecule has 0 saturated carbocycles. The lowest BCUT2D eigenvalue weighted by molar-refractivity contribution is -0.141. The van der Waals surface area contributed by atoms with Crippen LogP contribution in [-0.2, 0) is 16.1 Å². The van der Waals surface area contributed by atoms with E-state index in [-0.39, 0.29) is 18.6 Å². The summed E-state index contributed by atoms with van der Waals surface area (Å²) in [6, 6.07) is 5.23. The minimum atomic E-state index is -0.388. The molecular weight excluding hydrogens is 405 g/mol. The number of rotatable bonds is 5. The molecule has 0 radical (unpaired) electrons. The lowest BCUT2D eigenvalue weighted by Crippen LogP contribution is -2.25. The monoisotopic (exact) mass is 421 g/mol. The molecule has 8 nitrogen and oxygen atoms in total. The van der Waals surface area contributed by atoms with Gasteiger partial charge in [0.05, 0.1) is 35.3 Å². The van der Waals surface area contributed by atoms with E-state index in [0.29, 0.717) is 28.0 Å². The maximum Gasteiger partial charge on any atom is 0.327 e. The van der Waals surface area contributed by atoms with Gasteiger partial charge < -0.3 is 14.4 Å². The predicted octanol–water partition coefficient (Wildman–Crippen LogP) is 2.96. The molecule has 2 aromatic heterocycles. The highest BCUT2D eigenvalue weighted by Crippen LogP contribution is 2.30. The van der Waals surface area contributed by atoms with Crippen LogP contribution in [0.15, 0.2) is 30.7 Å². The lowest BCUT2D eigenvalue weighted by Gasteiger charge is -2.18. The van der Waals surface area contributed by atoms with Crippen molar-refractivity contribution in [3.63, 3.8) is 0 Å². The Balaban J connectivity index is 1.51. The van der Waals surface area contributed by atoms with Crippen LogP contribution in [0, 0.1) is 0 Å². The molecular formula is C18H17Cl2N5O3. The SMILES string of the molecule is COC(=O)Cn1ncc2c(N3CCC(Oc4ccc(Cl)c(Cl)c4)C3)ncnc21. The number of carbonyl (C=O) groups is 1. The van der Waals surface area contributed by atoms with E-state index < -0.39 is 0 Å². The Morgan fingerprint density at radius 3 is 2.93 bits per heavy atom. The van der Waals surface area contributed by atoms with E-state index in [0.717, 1.165) is 24.2 Å². The Morgan fingerprint density at radius 1 is 1.29 bits per heavy atom. The molecule has 1 fully saturated rings. The van der Waals surface area contributed by atoms with Gasteiger partial charge in [0, 0.05) is 19.0 Å². The van der Waals surface area contributed by atoms with Crippen LogP contribution in [-0.4, -0.2) is 52.0 Å². The molecule has 28 heavy (non-hydrogen) atoms. The maximum absolute atomic E-state index is 11.6. The summed E-state index contributed by atoms with van der Waals surface area (Å²) in [5.74, 6) is 1.06. The third-order valence-electron chi connectivity index (χ3n) is 4.56.